The Morgan fingerprint density at radius 1 is 1.12 bits per heavy atom. The Kier molecular flexibility index (Phi) is 11.2. The summed E-state index contributed by atoms with van der Waals surface area (Å²) in [5.74, 6) is -3.90. The van der Waals surface area contributed by atoms with Crippen molar-refractivity contribution in [2.75, 3.05) is 12.0 Å². The molecule has 1 aromatic heterocycles. The molecule has 14 heteroatoms. The number of nitrogens with zero attached hydrogens (tertiary/aromatic N) is 1. The van der Waals surface area contributed by atoms with Gasteiger partial charge in [0.15, 0.2) is 0 Å². The molecule has 0 fully saturated rings. The first kappa shape index (κ1) is 26.9. The predicted molar refractivity (Wildman–Crippen MR) is 116 cm³/mol. The van der Waals surface area contributed by atoms with Crippen molar-refractivity contribution < 1.29 is 29.1 Å². The lowest BCUT2D eigenvalue weighted by Crippen LogP contribution is -2.57. The number of carbonyl (C=O) groups is 5. The number of carboxylic acids is 1. The highest BCUT2D eigenvalue weighted by atomic mass is 32.2. The molecule has 0 bridgehead atoms. The van der Waals surface area contributed by atoms with Gasteiger partial charge in [0.1, 0.15) is 18.1 Å². The van der Waals surface area contributed by atoms with Crippen molar-refractivity contribution in [1.82, 2.24) is 25.9 Å². The second-order valence-corrected chi connectivity index (χ2v) is 8.02. The molecule has 0 saturated heterocycles. The summed E-state index contributed by atoms with van der Waals surface area (Å²) in [6, 6.07) is -4.65. The van der Waals surface area contributed by atoms with Gasteiger partial charge in [-0.25, -0.2) is 9.78 Å². The lowest BCUT2D eigenvalue weighted by Gasteiger charge is -2.23. The zero-order valence-corrected chi connectivity index (χ0v) is 18.6. The van der Waals surface area contributed by atoms with Gasteiger partial charge in [0.25, 0.3) is 0 Å². The fraction of sp³-hybridized carbons (Fsp3) is 0.556. The van der Waals surface area contributed by atoms with Crippen LogP contribution in [0, 0.1) is 0 Å². The second kappa shape index (κ2) is 13.3. The number of rotatable bonds is 14. The third kappa shape index (κ3) is 9.34. The molecule has 4 unspecified atom stereocenters. The molecule has 178 valence electrons. The van der Waals surface area contributed by atoms with E-state index in [4.69, 9.17) is 11.5 Å². The van der Waals surface area contributed by atoms with Gasteiger partial charge in [0, 0.05) is 18.3 Å². The smallest absolute Gasteiger partial charge is 0.326 e. The lowest BCUT2D eigenvalue weighted by atomic mass is 10.1. The van der Waals surface area contributed by atoms with Crippen molar-refractivity contribution in [2.24, 2.45) is 11.5 Å². The maximum absolute atomic E-state index is 12.5. The van der Waals surface area contributed by atoms with Crippen LogP contribution in [0.5, 0.6) is 0 Å². The molecule has 4 atom stereocenters. The first-order chi connectivity index (χ1) is 15.0. The first-order valence-corrected chi connectivity index (χ1v) is 11.1. The molecule has 0 radical (unpaired) electrons. The number of aromatic amines is 1. The molecule has 32 heavy (non-hydrogen) atoms. The number of nitrogens with one attached hydrogen (secondary N) is 4. The van der Waals surface area contributed by atoms with Crippen molar-refractivity contribution in [3.05, 3.63) is 18.2 Å². The third-order valence-electron chi connectivity index (χ3n) is 4.35. The fourth-order valence-electron chi connectivity index (χ4n) is 2.58. The molecule has 1 heterocycles. The summed E-state index contributed by atoms with van der Waals surface area (Å²) in [6.45, 7) is 1.37. The van der Waals surface area contributed by atoms with Gasteiger partial charge in [-0.15, -0.1) is 0 Å². The van der Waals surface area contributed by atoms with Crippen LogP contribution < -0.4 is 27.4 Å². The van der Waals surface area contributed by atoms with Crippen LogP contribution in [0.1, 0.15) is 25.5 Å². The Hall–Kier alpha value is -3.13. The number of imidazole rings is 1. The molecule has 13 nitrogen and oxygen atoms in total. The van der Waals surface area contributed by atoms with E-state index in [0.717, 1.165) is 0 Å². The molecular weight excluding hydrogens is 442 g/mol. The maximum Gasteiger partial charge on any atom is 0.326 e. The molecule has 1 aromatic rings. The van der Waals surface area contributed by atoms with Gasteiger partial charge in [-0.3, -0.25) is 19.2 Å². The number of hydrogen-bond acceptors (Lipinski definition) is 8. The van der Waals surface area contributed by atoms with Crippen LogP contribution in [0.2, 0.25) is 0 Å². The van der Waals surface area contributed by atoms with E-state index in [1.807, 2.05) is 0 Å². The van der Waals surface area contributed by atoms with E-state index in [1.54, 1.807) is 6.26 Å². The summed E-state index contributed by atoms with van der Waals surface area (Å²) in [7, 11) is 0. The molecule has 9 N–H and O–H groups in total. The number of carboxylic acid groups (broad SMARTS) is 1. The van der Waals surface area contributed by atoms with Crippen molar-refractivity contribution >= 4 is 41.4 Å². The Morgan fingerprint density at radius 2 is 1.78 bits per heavy atom. The van der Waals surface area contributed by atoms with Crippen LogP contribution in [0.15, 0.2) is 12.5 Å². The first-order valence-electron chi connectivity index (χ1n) is 9.69. The molecular formula is C18H29N7O6S. The SMILES string of the molecule is CSCCC(NC(=O)C(CC(N)=O)NC(=O)C(C)NC(=O)C(N)Cc1cnc[nH]1)C(=O)O. The number of amides is 4. The predicted octanol–water partition coefficient (Wildman–Crippen LogP) is -2.53. The summed E-state index contributed by atoms with van der Waals surface area (Å²) in [5.41, 5.74) is 11.6. The van der Waals surface area contributed by atoms with E-state index >= 15 is 0 Å². The zero-order valence-electron chi connectivity index (χ0n) is 17.8. The van der Waals surface area contributed by atoms with Crippen molar-refractivity contribution in [3.63, 3.8) is 0 Å². The molecule has 0 aromatic carbocycles. The van der Waals surface area contributed by atoms with Crippen molar-refractivity contribution in [3.8, 4) is 0 Å². The van der Waals surface area contributed by atoms with Gasteiger partial charge in [-0.05, 0) is 25.4 Å². The van der Waals surface area contributed by atoms with Gasteiger partial charge in [-0.1, -0.05) is 0 Å². The molecule has 1 rings (SSSR count). The van der Waals surface area contributed by atoms with E-state index in [0.29, 0.717) is 11.4 Å². The number of thioether (sulfide) groups is 1. The molecule has 0 aliphatic carbocycles. The Morgan fingerprint density at radius 3 is 2.31 bits per heavy atom. The molecule has 0 spiro atoms. The lowest BCUT2D eigenvalue weighted by molar-refractivity contribution is -0.142. The topological polar surface area (TPSA) is 222 Å². The Balaban J connectivity index is 2.72. The van der Waals surface area contributed by atoms with Crippen LogP contribution in [-0.2, 0) is 30.4 Å². The second-order valence-electron chi connectivity index (χ2n) is 7.03. The van der Waals surface area contributed by atoms with E-state index in [-0.39, 0.29) is 12.8 Å². The summed E-state index contributed by atoms with van der Waals surface area (Å²) < 4.78 is 0. The highest BCUT2D eigenvalue weighted by Gasteiger charge is 2.29. The number of hydrogen-bond donors (Lipinski definition) is 7. The molecule has 0 saturated carbocycles. The van der Waals surface area contributed by atoms with Gasteiger partial charge in [-0.2, -0.15) is 11.8 Å². The van der Waals surface area contributed by atoms with Crippen molar-refractivity contribution in [1.29, 1.82) is 0 Å². The number of nitrogens with two attached hydrogens (primary N) is 2. The Labute approximate surface area is 188 Å². The molecule has 4 amide bonds. The van der Waals surface area contributed by atoms with E-state index in [9.17, 15) is 29.1 Å². The van der Waals surface area contributed by atoms with E-state index < -0.39 is 60.2 Å². The van der Waals surface area contributed by atoms with Crippen molar-refractivity contribution in [2.45, 2.75) is 50.4 Å². The summed E-state index contributed by atoms with van der Waals surface area (Å²) in [4.78, 5) is 66.5. The van der Waals surface area contributed by atoms with Gasteiger partial charge in [0.2, 0.25) is 23.6 Å². The highest BCUT2D eigenvalue weighted by Crippen LogP contribution is 2.03. The van der Waals surface area contributed by atoms with Crippen LogP contribution in [0.4, 0.5) is 0 Å². The number of aliphatic carboxylic acids is 1. The number of carbonyl (C=O) groups excluding carboxylic acids is 4. The highest BCUT2D eigenvalue weighted by molar-refractivity contribution is 7.98. The average molecular weight is 472 g/mol. The minimum absolute atomic E-state index is 0.153. The number of H-pyrrole nitrogens is 1. The number of primary amides is 1. The summed E-state index contributed by atoms with van der Waals surface area (Å²) >= 11 is 1.40. The quantitative estimate of drug-likeness (QED) is 0.152. The minimum Gasteiger partial charge on any atom is -0.480 e. The van der Waals surface area contributed by atoms with Crippen LogP contribution in [0.25, 0.3) is 0 Å². The fourth-order valence-corrected chi connectivity index (χ4v) is 3.06. The van der Waals surface area contributed by atoms with E-state index in [2.05, 4.69) is 25.9 Å². The van der Waals surface area contributed by atoms with Gasteiger partial charge in [0.05, 0.1) is 18.8 Å². The zero-order chi connectivity index (χ0) is 24.3. The van der Waals surface area contributed by atoms with E-state index in [1.165, 1.54) is 31.2 Å². The molecule has 0 aliphatic rings. The molecule has 0 aliphatic heterocycles. The van der Waals surface area contributed by atoms with Gasteiger partial charge < -0.3 is 37.5 Å². The average Bonchev–Trinajstić information content (AvgIpc) is 3.22. The van der Waals surface area contributed by atoms with Crippen LogP contribution in [-0.4, -0.2) is 80.8 Å². The standard InChI is InChI=1S/C18H29N7O6S/c1-9(23-16(28)11(19)5-10-7-21-8-22-10)15(27)25-13(6-14(20)26)17(29)24-12(18(30)31)3-4-32-2/h7-9,11-13H,3-6,19H2,1-2H3,(H2,20,26)(H,21,22)(H,23,28)(H,24,29)(H,25,27)(H,30,31). The normalized spacial score (nSPS) is 14.5. The van der Waals surface area contributed by atoms with Crippen LogP contribution in [0.3, 0.4) is 0 Å². The largest absolute Gasteiger partial charge is 0.480 e. The number of aromatic nitrogens is 2. The maximum atomic E-state index is 12.5. The summed E-state index contributed by atoms with van der Waals surface area (Å²) in [5, 5.41) is 16.3. The minimum atomic E-state index is -1.41. The summed E-state index contributed by atoms with van der Waals surface area (Å²) in [6.07, 6.45) is 4.51. The Bertz CT molecular complexity index is 804. The van der Waals surface area contributed by atoms with Gasteiger partial charge >= 0.3 is 5.97 Å². The van der Waals surface area contributed by atoms with Crippen LogP contribution >= 0.6 is 11.8 Å². The third-order valence-corrected chi connectivity index (χ3v) is 4.99. The monoisotopic (exact) mass is 471 g/mol.